The first-order valence-corrected chi connectivity index (χ1v) is 8.42. The maximum Gasteiger partial charge on any atom is 0.237 e. The van der Waals surface area contributed by atoms with Gasteiger partial charge in [0, 0.05) is 20.2 Å². The number of aliphatic hydroxyl groups excluding tert-OH is 1. The van der Waals surface area contributed by atoms with Crippen LogP contribution in [0.15, 0.2) is 24.3 Å². The van der Waals surface area contributed by atoms with Gasteiger partial charge < -0.3 is 20.1 Å². The number of carbonyl (C=O) groups is 1. The minimum Gasteiger partial charge on any atom is -0.389 e. The number of ether oxygens (including phenoxy) is 1. The number of rotatable bonds is 8. The summed E-state index contributed by atoms with van der Waals surface area (Å²) in [5, 5.41) is 12.7. The summed E-state index contributed by atoms with van der Waals surface area (Å²) < 4.78 is 4.88. The van der Waals surface area contributed by atoms with Crippen LogP contribution in [-0.2, 0) is 16.0 Å². The van der Waals surface area contributed by atoms with E-state index in [1.165, 1.54) is 11.1 Å². The Morgan fingerprint density at radius 2 is 2.26 bits per heavy atom. The largest absolute Gasteiger partial charge is 0.389 e. The van der Waals surface area contributed by atoms with Gasteiger partial charge in [-0.2, -0.15) is 0 Å². The molecule has 0 aromatic heterocycles. The first kappa shape index (κ1) is 17.9. The summed E-state index contributed by atoms with van der Waals surface area (Å²) in [4.78, 5) is 14.6. The first-order chi connectivity index (χ1) is 11.2. The van der Waals surface area contributed by atoms with Gasteiger partial charge >= 0.3 is 0 Å². The highest BCUT2D eigenvalue weighted by atomic mass is 16.5. The number of benzene rings is 1. The second kappa shape index (κ2) is 9.01. The average molecular weight is 320 g/mol. The summed E-state index contributed by atoms with van der Waals surface area (Å²) in [5.41, 5.74) is 2.65. The van der Waals surface area contributed by atoms with Crippen molar-refractivity contribution in [2.75, 3.05) is 33.4 Å². The molecular weight excluding hydrogens is 292 g/mol. The lowest BCUT2D eigenvalue weighted by molar-refractivity contribution is -0.133. The van der Waals surface area contributed by atoms with Gasteiger partial charge in [0.1, 0.15) is 0 Å². The molecule has 128 valence electrons. The number of nitrogens with zero attached hydrogens (tertiary/aromatic N) is 1. The Bertz CT molecular complexity index is 507. The lowest BCUT2D eigenvalue weighted by Crippen LogP contribution is -2.45. The van der Waals surface area contributed by atoms with Crippen LogP contribution in [0.5, 0.6) is 0 Å². The standard InChI is InChI=1S/C18H28N2O3/c1-3-6-17-16-8-5-4-7-14(16)9-10-20(17)18(22)12-19-11-15(21)13-23-2/h4-5,7-8,15,17,19,21H,3,6,9-13H2,1-2H3/t15-,17?/m0/s1. The molecule has 0 spiro atoms. The molecule has 1 aliphatic rings. The first-order valence-electron chi connectivity index (χ1n) is 8.42. The van der Waals surface area contributed by atoms with Gasteiger partial charge in [-0.05, 0) is 24.0 Å². The molecule has 0 saturated heterocycles. The van der Waals surface area contributed by atoms with Crippen LogP contribution in [0.3, 0.4) is 0 Å². The van der Waals surface area contributed by atoms with E-state index in [0.29, 0.717) is 6.54 Å². The quantitative estimate of drug-likeness (QED) is 0.762. The van der Waals surface area contributed by atoms with Crippen LogP contribution < -0.4 is 5.32 Å². The zero-order valence-electron chi connectivity index (χ0n) is 14.1. The van der Waals surface area contributed by atoms with E-state index >= 15 is 0 Å². The number of fused-ring (bicyclic) bond motifs is 1. The molecule has 0 saturated carbocycles. The predicted octanol–water partition coefficient (Wildman–Crippen LogP) is 1.51. The third-order valence-corrected chi connectivity index (χ3v) is 4.31. The molecule has 0 bridgehead atoms. The van der Waals surface area contributed by atoms with Crippen molar-refractivity contribution in [3.8, 4) is 0 Å². The topological polar surface area (TPSA) is 61.8 Å². The highest BCUT2D eigenvalue weighted by molar-refractivity contribution is 5.79. The SMILES string of the molecule is CCCC1c2ccccc2CCN1C(=O)CNC[C@H](O)COC. The summed E-state index contributed by atoms with van der Waals surface area (Å²) in [5.74, 6) is 0.0996. The molecule has 1 aliphatic heterocycles. The summed E-state index contributed by atoms with van der Waals surface area (Å²) >= 11 is 0. The number of hydrogen-bond acceptors (Lipinski definition) is 4. The molecule has 1 aromatic carbocycles. The highest BCUT2D eigenvalue weighted by Gasteiger charge is 2.29. The monoisotopic (exact) mass is 320 g/mol. The molecule has 0 aliphatic carbocycles. The fourth-order valence-corrected chi connectivity index (χ4v) is 3.23. The minimum atomic E-state index is -0.582. The highest BCUT2D eigenvalue weighted by Crippen LogP contribution is 2.32. The Labute approximate surface area is 138 Å². The maximum atomic E-state index is 12.6. The predicted molar refractivity (Wildman–Crippen MR) is 90.3 cm³/mol. The van der Waals surface area contributed by atoms with Crippen LogP contribution in [-0.4, -0.2) is 55.4 Å². The van der Waals surface area contributed by atoms with Crippen molar-refractivity contribution in [2.45, 2.75) is 38.3 Å². The molecule has 1 unspecified atom stereocenters. The second-order valence-electron chi connectivity index (χ2n) is 6.08. The van der Waals surface area contributed by atoms with E-state index in [1.807, 2.05) is 4.90 Å². The van der Waals surface area contributed by atoms with Gasteiger partial charge in [-0.1, -0.05) is 37.6 Å². The number of methoxy groups -OCH3 is 1. The van der Waals surface area contributed by atoms with Gasteiger partial charge in [0.25, 0.3) is 0 Å². The van der Waals surface area contributed by atoms with Crippen LogP contribution in [0.2, 0.25) is 0 Å². The molecule has 23 heavy (non-hydrogen) atoms. The van der Waals surface area contributed by atoms with E-state index in [1.54, 1.807) is 7.11 Å². The molecular formula is C18H28N2O3. The fraction of sp³-hybridized carbons (Fsp3) is 0.611. The number of hydrogen-bond donors (Lipinski definition) is 2. The van der Waals surface area contributed by atoms with Crippen molar-refractivity contribution in [2.24, 2.45) is 0 Å². The smallest absolute Gasteiger partial charge is 0.237 e. The van der Waals surface area contributed by atoms with Crippen molar-refractivity contribution in [3.05, 3.63) is 35.4 Å². The number of carbonyl (C=O) groups excluding carboxylic acids is 1. The van der Waals surface area contributed by atoms with Gasteiger partial charge in [0.15, 0.2) is 0 Å². The number of amides is 1. The Morgan fingerprint density at radius 3 is 3.00 bits per heavy atom. The molecule has 1 heterocycles. The third kappa shape index (κ3) is 4.77. The summed E-state index contributed by atoms with van der Waals surface area (Å²) in [6.45, 7) is 3.81. The molecule has 2 N–H and O–H groups in total. The zero-order valence-corrected chi connectivity index (χ0v) is 14.1. The second-order valence-corrected chi connectivity index (χ2v) is 6.08. The van der Waals surface area contributed by atoms with Crippen LogP contribution in [0.1, 0.15) is 36.9 Å². The summed E-state index contributed by atoms with van der Waals surface area (Å²) in [6.07, 6.45) is 2.35. The van der Waals surface area contributed by atoms with E-state index in [-0.39, 0.29) is 25.1 Å². The maximum absolute atomic E-state index is 12.6. The van der Waals surface area contributed by atoms with Gasteiger partial charge in [-0.3, -0.25) is 4.79 Å². The van der Waals surface area contributed by atoms with Gasteiger partial charge in [-0.25, -0.2) is 0 Å². The molecule has 1 aromatic rings. The van der Waals surface area contributed by atoms with E-state index < -0.39 is 6.10 Å². The van der Waals surface area contributed by atoms with E-state index in [0.717, 1.165) is 25.8 Å². The van der Waals surface area contributed by atoms with Crippen molar-refractivity contribution in [3.63, 3.8) is 0 Å². The van der Waals surface area contributed by atoms with E-state index in [4.69, 9.17) is 4.74 Å². The van der Waals surface area contributed by atoms with Crippen molar-refractivity contribution in [1.29, 1.82) is 0 Å². The minimum absolute atomic E-state index is 0.0996. The van der Waals surface area contributed by atoms with E-state index in [2.05, 4.69) is 36.5 Å². The molecule has 5 nitrogen and oxygen atoms in total. The fourth-order valence-electron chi connectivity index (χ4n) is 3.23. The van der Waals surface area contributed by atoms with Gasteiger partial charge in [0.2, 0.25) is 5.91 Å². The molecule has 2 rings (SSSR count). The molecule has 0 radical (unpaired) electrons. The van der Waals surface area contributed by atoms with Crippen LogP contribution in [0.4, 0.5) is 0 Å². The summed E-state index contributed by atoms with van der Waals surface area (Å²) in [7, 11) is 1.55. The van der Waals surface area contributed by atoms with Gasteiger partial charge in [0.05, 0.1) is 25.3 Å². The normalized spacial score (nSPS) is 18.6. The Hall–Kier alpha value is -1.43. The number of nitrogens with one attached hydrogen (secondary N) is 1. The summed E-state index contributed by atoms with van der Waals surface area (Å²) in [6, 6.07) is 8.60. The lowest BCUT2D eigenvalue weighted by atomic mass is 9.90. The van der Waals surface area contributed by atoms with Crippen molar-refractivity contribution >= 4 is 5.91 Å². The average Bonchev–Trinajstić information content (AvgIpc) is 2.55. The third-order valence-electron chi connectivity index (χ3n) is 4.31. The zero-order chi connectivity index (χ0) is 16.7. The number of aliphatic hydroxyl groups is 1. The van der Waals surface area contributed by atoms with Crippen LogP contribution in [0, 0.1) is 0 Å². The Kier molecular flexibility index (Phi) is 7.02. The van der Waals surface area contributed by atoms with Crippen LogP contribution >= 0.6 is 0 Å². The van der Waals surface area contributed by atoms with Crippen LogP contribution in [0.25, 0.3) is 0 Å². The molecule has 5 heteroatoms. The molecule has 1 amide bonds. The van der Waals surface area contributed by atoms with Gasteiger partial charge in [-0.15, -0.1) is 0 Å². The molecule has 2 atom stereocenters. The van der Waals surface area contributed by atoms with Crippen molar-refractivity contribution < 1.29 is 14.6 Å². The van der Waals surface area contributed by atoms with Crippen molar-refractivity contribution in [1.82, 2.24) is 10.2 Å². The lowest BCUT2D eigenvalue weighted by Gasteiger charge is -2.37. The Morgan fingerprint density at radius 1 is 1.48 bits per heavy atom. The van der Waals surface area contributed by atoms with E-state index in [9.17, 15) is 9.90 Å². The Balaban J connectivity index is 1.96. The molecule has 0 fully saturated rings.